The summed E-state index contributed by atoms with van der Waals surface area (Å²) in [6, 6.07) is -0.979. The topological polar surface area (TPSA) is 67.4 Å². The van der Waals surface area contributed by atoms with Crippen LogP contribution in [0.4, 0.5) is 4.79 Å². The van der Waals surface area contributed by atoms with Crippen LogP contribution in [0, 0.1) is 0 Å². The Hall–Kier alpha value is -2.56. The second-order valence-corrected chi connectivity index (χ2v) is 4.35. The number of hydrogen-bond acceptors (Lipinski definition) is 3. The zero-order valence-electron chi connectivity index (χ0n) is 12.3. The first kappa shape index (κ1) is 16.5. The van der Waals surface area contributed by atoms with Crippen LogP contribution in [0.25, 0.3) is 0 Å². The molecule has 0 aliphatic carbocycles. The van der Waals surface area contributed by atoms with E-state index in [1.54, 1.807) is 44.2 Å². The lowest BCUT2D eigenvalue weighted by molar-refractivity contribution is -0.138. The first-order valence-corrected chi connectivity index (χ1v) is 6.61. The molecule has 0 spiro atoms. The fourth-order valence-corrected chi connectivity index (χ4v) is 1.87. The molecule has 0 saturated carbocycles. The fourth-order valence-electron chi connectivity index (χ4n) is 1.87. The zero-order chi connectivity index (χ0) is 15.8. The van der Waals surface area contributed by atoms with Gasteiger partial charge in [0.2, 0.25) is 0 Å². The van der Waals surface area contributed by atoms with Gasteiger partial charge in [-0.25, -0.2) is 9.59 Å². The number of urea groups is 1. The molecule has 5 heteroatoms. The molecular formula is C16H20N2O3. The first-order chi connectivity index (χ1) is 10.0. The van der Waals surface area contributed by atoms with Crippen molar-refractivity contribution < 1.29 is 14.3 Å². The number of esters is 1. The molecule has 2 N–H and O–H groups in total. The third-order valence-electron chi connectivity index (χ3n) is 2.80. The molecule has 112 valence electrons. The SMILES string of the molecule is C=C/C=C\C=C/C(=C)C1NC(=O)NC(C)=C1C(=O)OCC. The van der Waals surface area contributed by atoms with Crippen LogP contribution in [-0.4, -0.2) is 24.6 Å². The Labute approximate surface area is 124 Å². The van der Waals surface area contributed by atoms with Gasteiger partial charge in [0.1, 0.15) is 0 Å². The van der Waals surface area contributed by atoms with E-state index in [2.05, 4.69) is 23.8 Å². The molecule has 1 aliphatic rings. The van der Waals surface area contributed by atoms with Gasteiger partial charge in [0.25, 0.3) is 0 Å². The van der Waals surface area contributed by atoms with E-state index in [1.165, 1.54) is 0 Å². The zero-order valence-corrected chi connectivity index (χ0v) is 12.3. The van der Waals surface area contributed by atoms with Crippen molar-refractivity contribution in [3.8, 4) is 0 Å². The summed E-state index contributed by atoms with van der Waals surface area (Å²) in [6.07, 6.45) is 8.67. The van der Waals surface area contributed by atoms with Gasteiger partial charge in [-0.15, -0.1) is 0 Å². The Morgan fingerprint density at radius 1 is 1.38 bits per heavy atom. The number of carbonyl (C=O) groups is 2. The fraction of sp³-hybridized carbons (Fsp3) is 0.250. The predicted molar refractivity (Wildman–Crippen MR) is 82.4 cm³/mol. The Kier molecular flexibility index (Phi) is 6.20. The molecule has 0 radical (unpaired) electrons. The molecule has 0 fully saturated rings. The van der Waals surface area contributed by atoms with E-state index >= 15 is 0 Å². The maximum atomic E-state index is 12.0. The standard InChI is InChI=1S/C16H20N2O3/c1-5-7-8-9-10-11(3)14-13(15(19)21-6-2)12(4)17-16(20)18-14/h5,7-10,14H,1,3,6H2,2,4H3,(H2,17,18,20)/b8-7-,10-9-. The lowest BCUT2D eigenvalue weighted by Gasteiger charge is -2.28. The smallest absolute Gasteiger partial charge is 0.338 e. The second-order valence-electron chi connectivity index (χ2n) is 4.35. The summed E-state index contributed by atoms with van der Waals surface area (Å²) < 4.78 is 5.03. The highest BCUT2D eigenvalue weighted by Crippen LogP contribution is 2.20. The van der Waals surface area contributed by atoms with Gasteiger partial charge in [-0.1, -0.05) is 43.5 Å². The minimum absolute atomic E-state index is 0.265. The van der Waals surface area contributed by atoms with Crippen molar-refractivity contribution in [2.45, 2.75) is 19.9 Å². The third kappa shape index (κ3) is 4.49. The van der Waals surface area contributed by atoms with Crippen molar-refractivity contribution in [2.24, 2.45) is 0 Å². The van der Waals surface area contributed by atoms with Crippen LogP contribution >= 0.6 is 0 Å². The first-order valence-electron chi connectivity index (χ1n) is 6.61. The minimum Gasteiger partial charge on any atom is -0.463 e. The number of nitrogens with one attached hydrogen (secondary N) is 2. The van der Waals surface area contributed by atoms with Crippen LogP contribution in [0.15, 0.2) is 60.4 Å². The van der Waals surface area contributed by atoms with Gasteiger partial charge in [-0.3, -0.25) is 0 Å². The van der Waals surface area contributed by atoms with Gasteiger partial charge in [-0.05, 0) is 19.4 Å². The van der Waals surface area contributed by atoms with Crippen LogP contribution in [0.2, 0.25) is 0 Å². The summed E-state index contributed by atoms with van der Waals surface area (Å²) in [6.45, 7) is 11.1. The highest BCUT2D eigenvalue weighted by atomic mass is 16.5. The summed E-state index contributed by atoms with van der Waals surface area (Å²) in [7, 11) is 0. The van der Waals surface area contributed by atoms with E-state index in [1.807, 2.05) is 0 Å². The molecular weight excluding hydrogens is 268 g/mol. The predicted octanol–water partition coefficient (Wildman–Crippen LogP) is 2.36. The van der Waals surface area contributed by atoms with Crippen molar-refractivity contribution in [2.75, 3.05) is 6.61 Å². The molecule has 2 amide bonds. The van der Waals surface area contributed by atoms with Gasteiger partial charge in [0.15, 0.2) is 0 Å². The Morgan fingerprint density at radius 2 is 2.10 bits per heavy atom. The van der Waals surface area contributed by atoms with E-state index in [-0.39, 0.29) is 12.6 Å². The maximum Gasteiger partial charge on any atom is 0.338 e. The van der Waals surface area contributed by atoms with Gasteiger partial charge >= 0.3 is 12.0 Å². The van der Waals surface area contributed by atoms with Crippen LogP contribution in [0.3, 0.4) is 0 Å². The number of carbonyl (C=O) groups excluding carboxylic acids is 2. The summed E-state index contributed by atoms with van der Waals surface area (Å²) >= 11 is 0. The number of amides is 2. The maximum absolute atomic E-state index is 12.0. The summed E-state index contributed by atoms with van der Waals surface area (Å²) in [5.74, 6) is -0.469. The molecule has 0 aromatic rings. The van der Waals surface area contributed by atoms with Crippen molar-refractivity contribution in [1.82, 2.24) is 10.6 Å². The van der Waals surface area contributed by atoms with E-state index in [9.17, 15) is 9.59 Å². The van der Waals surface area contributed by atoms with Crippen LogP contribution < -0.4 is 10.6 Å². The molecule has 1 atom stereocenters. The number of ether oxygens (including phenoxy) is 1. The minimum atomic E-state index is -0.605. The van der Waals surface area contributed by atoms with Gasteiger partial charge in [-0.2, -0.15) is 0 Å². The largest absolute Gasteiger partial charge is 0.463 e. The summed E-state index contributed by atoms with van der Waals surface area (Å²) in [5, 5.41) is 5.24. The highest BCUT2D eigenvalue weighted by Gasteiger charge is 2.31. The molecule has 1 heterocycles. The normalized spacial score (nSPS) is 18.6. The third-order valence-corrected chi connectivity index (χ3v) is 2.80. The Morgan fingerprint density at radius 3 is 2.71 bits per heavy atom. The van der Waals surface area contributed by atoms with Crippen LogP contribution in [-0.2, 0) is 9.53 Å². The number of hydrogen-bond donors (Lipinski definition) is 2. The molecule has 0 saturated heterocycles. The molecule has 1 unspecified atom stereocenters. The van der Waals surface area contributed by atoms with Crippen molar-refractivity contribution >= 4 is 12.0 Å². The average molecular weight is 288 g/mol. The van der Waals surface area contributed by atoms with Gasteiger partial charge in [0.05, 0.1) is 18.2 Å². The number of rotatable bonds is 6. The molecule has 1 aliphatic heterocycles. The molecule has 0 aromatic carbocycles. The molecule has 0 aromatic heterocycles. The highest BCUT2D eigenvalue weighted by molar-refractivity contribution is 5.95. The Bertz CT molecular complexity index is 542. The molecule has 0 bridgehead atoms. The number of allylic oxidation sites excluding steroid dienone is 5. The van der Waals surface area contributed by atoms with Gasteiger partial charge < -0.3 is 15.4 Å². The lowest BCUT2D eigenvalue weighted by atomic mass is 9.96. The Balaban J connectivity index is 3.02. The lowest BCUT2D eigenvalue weighted by Crippen LogP contribution is -2.50. The van der Waals surface area contributed by atoms with Gasteiger partial charge in [0, 0.05) is 5.70 Å². The quantitative estimate of drug-likeness (QED) is 0.582. The molecule has 5 nitrogen and oxygen atoms in total. The molecule has 1 rings (SSSR count). The summed E-state index contributed by atoms with van der Waals surface area (Å²) in [4.78, 5) is 23.6. The van der Waals surface area contributed by atoms with Crippen molar-refractivity contribution in [3.05, 3.63) is 60.4 Å². The molecule has 21 heavy (non-hydrogen) atoms. The van der Waals surface area contributed by atoms with E-state index in [4.69, 9.17) is 4.74 Å². The van der Waals surface area contributed by atoms with Crippen LogP contribution in [0.1, 0.15) is 13.8 Å². The summed E-state index contributed by atoms with van der Waals surface area (Å²) in [5.41, 5.74) is 1.41. The van der Waals surface area contributed by atoms with Crippen LogP contribution in [0.5, 0.6) is 0 Å². The van der Waals surface area contributed by atoms with E-state index in [0.29, 0.717) is 16.8 Å². The van der Waals surface area contributed by atoms with E-state index < -0.39 is 12.0 Å². The second kappa shape index (κ2) is 7.89. The van der Waals surface area contributed by atoms with Crippen molar-refractivity contribution in [3.63, 3.8) is 0 Å². The van der Waals surface area contributed by atoms with Crippen molar-refractivity contribution in [1.29, 1.82) is 0 Å². The van der Waals surface area contributed by atoms with E-state index in [0.717, 1.165) is 0 Å². The monoisotopic (exact) mass is 288 g/mol. The average Bonchev–Trinajstić information content (AvgIpc) is 2.42.